The van der Waals surface area contributed by atoms with Crippen LogP contribution in [-0.4, -0.2) is 48.0 Å². The molecule has 4 nitrogen and oxygen atoms in total. The Balaban J connectivity index is 1.39. The van der Waals surface area contributed by atoms with E-state index in [0.29, 0.717) is 22.8 Å². The number of rotatable bonds is 8. The Hall–Kier alpha value is -3.43. The molecule has 2 aromatic heterocycles. The second kappa shape index (κ2) is 9.71. The molecule has 6 rings (SSSR count). The van der Waals surface area contributed by atoms with Crippen LogP contribution in [0.25, 0.3) is 42.6 Å². The molecular formula is C29H25F4N3OS. The van der Waals surface area contributed by atoms with E-state index in [-0.39, 0.29) is 18.2 Å². The number of H-pyrrole nitrogens is 1. The van der Waals surface area contributed by atoms with E-state index in [2.05, 4.69) is 15.1 Å². The minimum absolute atomic E-state index is 0.140. The molecule has 0 bridgehead atoms. The number of aromatic amines is 1. The monoisotopic (exact) mass is 539 g/mol. The van der Waals surface area contributed by atoms with Crippen LogP contribution in [0.15, 0.2) is 60.8 Å². The van der Waals surface area contributed by atoms with Gasteiger partial charge >= 0.3 is 0 Å². The van der Waals surface area contributed by atoms with Crippen molar-refractivity contribution in [3.05, 3.63) is 72.2 Å². The lowest BCUT2D eigenvalue weighted by Crippen LogP contribution is -2.49. The fourth-order valence-corrected chi connectivity index (χ4v) is 6.47. The number of hydrogen-bond acceptors (Lipinski definition) is 4. The lowest BCUT2D eigenvalue weighted by atomic mass is 9.94. The quantitative estimate of drug-likeness (QED) is 0.206. The summed E-state index contributed by atoms with van der Waals surface area (Å²) in [6, 6.07) is 15.0. The Kier molecular flexibility index (Phi) is 6.36. The molecule has 1 aliphatic rings. The standard InChI is InChI=1S/C29H25F4N3OS/c1-29(32,33)24-12-19(31)4-7-21(24)28-26(22-8-9-25-23(14-34-35-25)27(22)38-28)18-2-5-20(6-3-18)37-11-10-36-15-17(13-30)16-36/h2-9,12,14,17H,10-11,13,15-16H2,1H3,(H,34,35). The summed E-state index contributed by atoms with van der Waals surface area (Å²) < 4.78 is 62.8. The van der Waals surface area contributed by atoms with Gasteiger partial charge < -0.3 is 4.74 Å². The van der Waals surface area contributed by atoms with Crippen molar-refractivity contribution in [1.29, 1.82) is 0 Å². The van der Waals surface area contributed by atoms with Crippen molar-refractivity contribution in [2.75, 3.05) is 32.9 Å². The number of hydrogen-bond donors (Lipinski definition) is 1. The van der Waals surface area contributed by atoms with E-state index in [1.165, 1.54) is 23.5 Å². The highest BCUT2D eigenvalue weighted by Gasteiger charge is 2.31. The van der Waals surface area contributed by atoms with Crippen LogP contribution in [0.1, 0.15) is 12.5 Å². The number of ether oxygens (including phenoxy) is 1. The number of benzene rings is 3. The third-order valence-corrected chi connectivity index (χ3v) is 8.32. The molecule has 1 saturated heterocycles. The van der Waals surface area contributed by atoms with E-state index in [0.717, 1.165) is 64.7 Å². The van der Waals surface area contributed by atoms with Crippen LogP contribution in [0.3, 0.4) is 0 Å². The molecule has 0 atom stereocenters. The van der Waals surface area contributed by atoms with Gasteiger partial charge in [-0.15, -0.1) is 11.3 Å². The molecule has 0 saturated carbocycles. The summed E-state index contributed by atoms with van der Waals surface area (Å²) in [6.07, 6.45) is 1.73. The van der Waals surface area contributed by atoms with Crippen molar-refractivity contribution in [3.63, 3.8) is 0 Å². The van der Waals surface area contributed by atoms with E-state index < -0.39 is 11.7 Å². The Labute approximate surface area is 220 Å². The minimum atomic E-state index is -3.23. The lowest BCUT2D eigenvalue weighted by molar-refractivity contribution is 0.0178. The normalized spacial score (nSPS) is 14.9. The van der Waals surface area contributed by atoms with Gasteiger partial charge in [0.1, 0.15) is 18.2 Å². The van der Waals surface area contributed by atoms with Crippen molar-refractivity contribution in [2.45, 2.75) is 12.8 Å². The highest BCUT2D eigenvalue weighted by molar-refractivity contribution is 7.24. The zero-order chi connectivity index (χ0) is 26.4. The van der Waals surface area contributed by atoms with Crippen molar-refractivity contribution in [3.8, 4) is 27.3 Å². The lowest BCUT2D eigenvalue weighted by Gasteiger charge is -2.37. The van der Waals surface area contributed by atoms with Gasteiger partial charge in [-0.1, -0.05) is 24.3 Å². The molecule has 0 spiro atoms. The maximum atomic E-state index is 14.7. The third-order valence-electron chi connectivity index (χ3n) is 7.04. The first-order chi connectivity index (χ1) is 18.3. The van der Waals surface area contributed by atoms with Gasteiger partial charge in [0.15, 0.2) is 0 Å². The average Bonchev–Trinajstić information content (AvgIpc) is 3.50. The second-order valence-electron chi connectivity index (χ2n) is 9.81. The summed E-state index contributed by atoms with van der Waals surface area (Å²) in [5.74, 6) is -3.10. The highest BCUT2D eigenvalue weighted by atomic mass is 32.1. The van der Waals surface area contributed by atoms with Gasteiger partial charge in [0.2, 0.25) is 0 Å². The Morgan fingerprint density at radius 3 is 2.61 bits per heavy atom. The van der Waals surface area contributed by atoms with Gasteiger partial charge in [-0.05, 0) is 35.9 Å². The Bertz CT molecular complexity index is 1600. The highest BCUT2D eigenvalue weighted by Crippen LogP contribution is 2.49. The third kappa shape index (κ3) is 4.54. The first kappa shape index (κ1) is 24.9. The summed E-state index contributed by atoms with van der Waals surface area (Å²) in [4.78, 5) is 2.79. The largest absolute Gasteiger partial charge is 0.492 e. The van der Waals surface area contributed by atoms with Crippen LogP contribution in [0, 0.1) is 11.7 Å². The average molecular weight is 540 g/mol. The van der Waals surface area contributed by atoms with Crippen LogP contribution in [0.4, 0.5) is 17.6 Å². The zero-order valence-electron chi connectivity index (χ0n) is 20.6. The molecule has 1 N–H and O–H groups in total. The fraction of sp³-hybridized carbons (Fsp3) is 0.276. The van der Waals surface area contributed by atoms with Crippen molar-refractivity contribution >= 4 is 32.3 Å². The Morgan fingerprint density at radius 1 is 1.08 bits per heavy atom. The molecule has 196 valence electrons. The van der Waals surface area contributed by atoms with E-state index >= 15 is 0 Å². The maximum Gasteiger partial charge on any atom is 0.271 e. The second-order valence-corrected chi connectivity index (χ2v) is 10.8. The zero-order valence-corrected chi connectivity index (χ0v) is 21.4. The van der Waals surface area contributed by atoms with Gasteiger partial charge in [0.05, 0.1) is 18.4 Å². The summed E-state index contributed by atoms with van der Waals surface area (Å²) >= 11 is 1.40. The molecular weight excluding hydrogens is 514 g/mol. The SMILES string of the molecule is CC(F)(F)c1cc(F)ccc1-c1sc2c(ccc3[nH]ncc32)c1-c1ccc(OCCN2CC(CF)C2)cc1. The molecule has 1 aliphatic heterocycles. The predicted octanol–water partition coefficient (Wildman–Crippen LogP) is 7.64. The first-order valence-electron chi connectivity index (χ1n) is 12.4. The number of halogens is 4. The fourth-order valence-electron chi connectivity index (χ4n) is 5.10. The van der Waals surface area contributed by atoms with Crippen molar-refractivity contribution in [1.82, 2.24) is 15.1 Å². The van der Waals surface area contributed by atoms with E-state index in [1.807, 2.05) is 36.4 Å². The maximum absolute atomic E-state index is 14.7. The van der Waals surface area contributed by atoms with Crippen molar-refractivity contribution in [2.24, 2.45) is 5.92 Å². The van der Waals surface area contributed by atoms with Gasteiger partial charge in [-0.2, -0.15) is 5.10 Å². The van der Waals surface area contributed by atoms with Crippen LogP contribution < -0.4 is 4.74 Å². The summed E-state index contributed by atoms with van der Waals surface area (Å²) in [7, 11) is 0. The van der Waals surface area contributed by atoms with E-state index in [1.54, 1.807) is 6.20 Å². The molecule has 9 heteroatoms. The van der Waals surface area contributed by atoms with Gasteiger partial charge in [-0.3, -0.25) is 14.4 Å². The summed E-state index contributed by atoms with van der Waals surface area (Å²) in [5.41, 5.74) is 2.43. The number of likely N-dealkylation sites (tertiary alicyclic amines) is 1. The molecule has 1 fully saturated rings. The number of thiophene rings is 1. The number of fused-ring (bicyclic) bond motifs is 3. The first-order valence-corrected chi connectivity index (χ1v) is 13.2. The number of nitrogens with zero attached hydrogens (tertiary/aromatic N) is 2. The molecule has 0 radical (unpaired) electrons. The summed E-state index contributed by atoms with van der Waals surface area (Å²) in [5, 5.41) is 8.91. The number of aromatic nitrogens is 2. The minimum Gasteiger partial charge on any atom is -0.492 e. The van der Waals surface area contributed by atoms with Gasteiger partial charge in [0, 0.05) is 69.5 Å². The topological polar surface area (TPSA) is 41.1 Å². The van der Waals surface area contributed by atoms with Crippen LogP contribution >= 0.6 is 11.3 Å². The van der Waals surface area contributed by atoms with E-state index in [9.17, 15) is 17.6 Å². The molecule has 0 aliphatic carbocycles. The molecule has 3 heterocycles. The molecule has 0 unspecified atom stereocenters. The van der Waals surface area contributed by atoms with Gasteiger partial charge in [0.25, 0.3) is 5.92 Å². The smallest absolute Gasteiger partial charge is 0.271 e. The van der Waals surface area contributed by atoms with Gasteiger partial charge in [-0.25, -0.2) is 13.2 Å². The number of alkyl halides is 3. The number of nitrogens with one attached hydrogen (secondary N) is 1. The molecule has 3 aromatic carbocycles. The Morgan fingerprint density at radius 2 is 1.87 bits per heavy atom. The van der Waals surface area contributed by atoms with Crippen LogP contribution in [-0.2, 0) is 5.92 Å². The van der Waals surface area contributed by atoms with Crippen LogP contribution in [0.5, 0.6) is 5.75 Å². The predicted molar refractivity (Wildman–Crippen MR) is 143 cm³/mol. The van der Waals surface area contributed by atoms with Crippen LogP contribution in [0.2, 0.25) is 0 Å². The van der Waals surface area contributed by atoms with E-state index in [4.69, 9.17) is 4.74 Å². The molecule has 5 aromatic rings. The molecule has 38 heavy (non-hydrogen) atoms. The van der Waals surface area contributed by atoms with Crippen molar-refractivity contribution < 1.29 is 22.3 Å². The summed E-state index contributed by atoms with van der Waals surface area (Å²) in [6.45, 7) is 3.26. The molecule has 0 amide bonds.